The van der Waals surface area contributed by atoms with E-state index in [1.54, 1.807) is 0 Å². The quantitative estimate of drug-likeness (QED) is 0.721. The normalized spacial score (nSPS) is 24.0. The van der Waals surface area contributed by atoms with Gasteiger partial charge in [-0.05, 0) is 43.4 Å². The second-order valence-corrected chi connectivity index (χ2v) is 6.94. The largest absolute Gasteiger partial charge is 0.310 e. The molecule has 1 saturated carbocycles. The highest BCUT2D eigenvalue weighted by molar-refractivity contribution is 9.10. The lowest BCUT2D eigenvalue weighted by Crippen LogP contribution is -2.33. The van der Waals surface area contributed by atoms with Crippen LogP contribution < -0.4 is 5.32 Å². The standard InChI is InChI=1S/C17H24BrF2N/c1-3-11-6-5-7-12(8-11)17(21-4-2)16-14(19)9-13(18)10-15(16)20/h9-12,17,21H,3-8H2,1-2H3. The molecule has 0 radical (unpaired) electrons. The highest BCUT2D eigenvalue weighted by Gasteiger charge is 2.31. The zero-order valence-corrected chi connectivity index (χ0v) is 14.3. The molecule has 0 heterocycles. The van der Waals surface area contributed by atoms with E-state index in [-0.39, 0.29) is 11.6 Å². The van der Waals surface area contributed by atoms with Gasteiger partial charge < -0.3 is 5.32 Å². The predicted molar refractivity (Wildman–Crippen MR) is 86.2 cm³/mol. The van der Waals surface area contributed by atoms with Gasteiger partial charge in [0.2, 0.25) is 0 Å². The van der Waals surface area contributed by atoms with Crippen molar-refractivity contribution in [3.8, 4) is 0 Å². The summed E-state index contributed by atoms with van der Waals surface area (Å²) in [4.78, 5) is 0. The molecule has 0 spiro atoms. The first-order chi connectivity index (χ1) is 10.1. The molecule has 1 aromatic rings. The number of benzene rings is 1. The van der Waals surface area contributed by atoms with Gasteiger partial charge in [0.15, 0.2) is 0 Å². The van der Waals surface area contributed by atoms with Gasteiger partial charge in [-0.2, -0.15) is 0 Å². The Morgan fingerprint density at radius 1 is 1.24 bits per heavy atom. The highest BCUT2D eigenvalue weighted by Crippen LogP contribution is 2.40. The van der Waals surface area contributed by atoms with Crippen molar-refractivity contribution in [2.45, 2.75) is 52.0 Å². The fourth-order valence-corrected chi connectivity index (χ4v) is 3.98. The summed E-state index contributed by atoms with van der Waals surface area (Å²) >= 11 is 3.15. The van der Waals surface area contributed by atoms with E-state index < -0.39 is 11.6 Å². The van der Waals surface area contributed by atoms with Crippen LogP contribution >= 0.6 is 15.9 Å². The molecule has 118 valence electrons. The van der Waals surface area contributed by atoms with Crippen LogP contribution in [0.5, 0.6) is 0 Å². The molecule has 1 aliphatic carbocycles. The van der Waals surface area contributed by atoms with Crippen molar-refractivity contribution in [2.24, 2.45) is 11.8 Å². The maximum Gasteiger partial charge on any atom is 0.132 e. The van der Waals surface area contributed by atoms with Gasteiger partial charge in [0.25, 0.3) is 0 Å². The van der Waals surface area contributed by atoms with E-state index in [1.165, 1.54) is 18.6 Å². The minimum absolute atomic E-state index is 0.210. The van der Waals surface area contributed by atoms with Gasteiger partial charge in [0, 0.05) is 16.1 Å². The van der Waals surface area contributed by atoms with Crippen molar-refractivity contribution >= 4 is 15.9 Å². The molecule has 4 heteroatoms. The van der Waals surface area contributed by atoms with Crippen LogP contribution in [0.2, 0.25) is 0 Å². The molecule has 0 amide bonds. The maximum absolute atomic E-state index is 14.3. The number of nitrogens with one attached hydrogen (secondary N) is 1. The molecule has 1 fully saturated rings. The first-order valence-electron chi connectivity index (χ1n) is 7.94. The van der Waals surface area contributed by atoms with Crippen molar-refractivity contribution in [1.29, 1.82) is 0 Å². The van der Waals surface area contributed by atoms with Crippen LogP contribution in [-0.4, -0.2) is 6.54 Å². The Hall–Kier alpha value is -0.480. The van der Waals surface area contributed by atoms with Crippen LogP contribution in [0.1, 0.15) is 57.6 Å². The van der Waals surface area contributed by atoms with Crippen LogP contribution in [0, 0.1) is 23.5 Å². The van der Waals surface area contributed by atoms with Gasteiger partial charge in [-0.25, -0.2) is 8.78 Å². The minimum atomic E-state index is -0.452. The van der Waals surface area contributed by atoms with Crippen molar-refractivity contribution in [3.63, 3.8) is 0 Å². The summed E-state index contributed by atoms with van der Waals surface area (Å²) in [7, 11) is 0. The predicted octanol–water partition coefficient (Wildman–Crippen LogP) is 5.59. The Labute approximate surface area is 134 Å². The lowest BCUT2D eigenvalue weighted by molar-refractivity contribution is 0.205. The van der Waals surface area contributed by atoms with Crippen LogP contribution in [0.25, 0.3) is 0 Å². The van der Waals surface area contributed by atoms with Crippen molar-refractivity contribution in [2.75, 3.05) is 6.54 Å². The van der Waals surface area contributed by atoms with Crippen molar-refractivity contribution in [1.82, 2.24) is 5.32 Å². The summed E-state index contributed by atoms with van der Waals surface area (Å²) in [6.07, 6.45) is 5.66. The monoisotopic (exact) mass is 359 g/mol. The van der Waals surface area contributed by atoms with Crippen LogP contribution in [0.4, 0.5) is 8.78 Å². The van der Waals surface area contributed by atoms with Gasteiger partial charge in [-0.1, -0.05) is 49.0 Å². The summed E-state index contributed by atoms with van der Waals surface area (Å²) in [5.41, 5.74) is 0.210. The Morgan fingerprint density at radius 3 is 2.48 bits per heavy atom. The Bertz CT molecular complexity index is 455. The third kappa shape index (κ3) is 4.04. The molecule has 2 rings (SSSR count). The molecule has 0 aliphatic heterocycles. The molecule has 21 heavy (non-hydrogen) atoms. The molecule has 3 atom stereocenters. The van der Waals surface area contributed by atoms with Gasteiger partial charge >= 0.3 is 0 Å². The van der Waals surface area contributed by atoms with E-state index in [1.807, 2.05) is 6.92 Å². The van der Waals surface area contributed by atoms with Gasteiger partial charge in [0.1, 0.15) is 11.6 Å². The number of halogens is 3. The molecule has 3 unspecified atom stereocenters. The number of hydrogen-bond acceptors (Lipinski definition) is 1. The molecule has 1 nitrogen and oxygen atoms in total. The number of rotatable bonds is 5. The van der Waals surface area contributed by atoms with Crippen LogP contribution in [0.15, 0.2) is 16.6 Å². The molecule has 0 saturated heterocycles. The van der Waals surface area contributed by atoms with Crippen molar-refractivity contribution in [3.05, 3.63) is 33.8 Å². The molecule has 1 aromatic carbocycles. The fourth-order valence-electron chi connectivity index (χ4n) is 3.58. The maximum atomic E-state index is 14.3. The van der Waals surface area contributed by atoms with E-state index in [9.17, 15) is 8.78 Å². The van der Waals surface area contributed by atoms with E-state index in [0.717, 1.165) is 25.7 Å². The summed E-state index contributed by atoms with van der Waals surface area (Å²) in [6, 6.07) is 2.50. The highest BCUT2D eigenvalue weighted by atomic mass is 79.9. The second-order valence-electron chi connectivity index (χ2n) is 6.02. The van der Waals surface area contributed by atoms with Crippen molar-refractivity contribution < 1.29 is 8.78 Å². The minimum Gasteiger partial charge on any atom is -0.310 e. The van der Waals surface area contributed by atoms with E-state index in [2.05, 4.69) is 28.2 Å². The van der Waals surface area contributed by atoms with Gasteiger partial charge in [-0.3, -0.25) is 0 Å². The van der Waals surface area contributed by atoms with E-state index >= 15 is 0 Å². The third-order valence-corrected chi connectivity index (χ3v) is 5.11. The zero-order valence-electron chi connectivity index (χ0n) is 12.8. The molecule has 0 bridgehead atoms. The molecule has 1 N–H and O–H groups in total. The molecular formula is C17H24BrF2N. The Morgan fingerprint density at radius 2 is 1.90 bits per heavy atom. The first-order valence-corrected chi connectivity index (χ1v) is 8.73. The smallest absolute Gasteiger partial charge is 0.132 e. The average Bonchev–Trinajstić information content (AvgIpc) is 2.45. The molecule has 1 aliphatic rings. The average molecular weight is 360 g/mol. The Kier molecular flexibility index (Phi) is 6.18. The summed E-state index contributed by atoms with van der Waals surface area (Å²) in [5, 5.41) is 3.32. The third-order valence-electron chi connectivity index (χ3n) is 4.65. The van der Waals surface area contributed by atoms with E-state index in [0.29, 0.717) is 22.9 Å². The van der Waals surface area contributed by atoms with Crippen LogP contribution in [0.3, 0.4) is 0 Å². The summed E-state index contributed by atoms with van der Waals surface area (Å²) in [5.74, 6) is 0.0956. The van der Waals surface area contributed by atoms with Crippen LogP contribution in [-0.2, 0) is 0 Å². The number of hydrogen-bond donors (Lipinski definition) is 1. The fraction of sp³-hybridized carbons (Fsp3) is 0.647. The molecular weight excluding hydrogens is 336 g/mol. The lowest BCUT2D eigenvalue weighted by atomic mass is 9.75. The van der Waals surface area contributed by atoms with Gasteiger partial charge in [0.05, 0.1) is 0 Å². The zero-order chi connectivity index (χ0) is 15.4. The molecule has 0 aromatic heterocycles. The summed E-state index contributed by atoms with van der Waals surface area (Å²) in [6.45, 7) is 4.91. The van der Waals surface area contributed by atoms with Gasteiger partial charge in [-0.15, -0.1) is 0 Å². The Balaban J connectivity index is 2.30. The first kappa shape index (κ1) is 16.9. The van der Waals surface area contributed by atoms with E-state index in [4.69, 9.17) is 0 Å². The lowest BCUT2D eigenvalue weighted by Gasteiger charge is -2.35. The second kappa shape index (κ2) is 7.68. The topological polar surface area (TPSA) is 12.0 Å². The SMILES string of the molecule is CCNC(c1c(F)cc(Br)cc1F)C1CCCC(CC)C1. The summed E-state index contributed by atoms with van der Waals surface area (Å²) < 4.78 is 29.1.